The summed E-state index contributed by atoms with van der Waals surface area (Å²) < 4.78 is 5.30. The SMILES string of the molecule is N#Cc1ccncc1OCCCN. The lowest BCUT2D eigenvalue weighted by atomic mass is 10.3. The molecule has 1 heterocycles. The molecule has 0 aromatic carbocycles. The molecule has 1 aromatic rings. The smallest absolute Gasteiger partial charge is 0.155 e. The molecule has 0 amide bonds. The van der Waals surface area contributed by atoms with E-state index in [4.69, 9.17) is 15.7 Å². The van der Waals surface area contributed by atoms with Gasteiger partial charge in [0.05, 0.1) is 18.4 Å². The Kier molecular flexibility index (Phi) is 3.74. The van der Waals surface area contributed by atoms with Crippen molar-refractivity contribution in [1.29, 1.82) is 5.26 Å². The van der Waals surface area contributed by atoms with E-state index in [-0.39, 0.29) is 0 Å². The van der Waals surface area contributed by atoms with Crippen LogP contribution in [0, 0.1) is 11.3 Å². The van der Waals surface area contributed by atoms with Crippen molar-refractivity contribution in [3.8, 4) is 11.8 Å². The molecule has 0 radical (unpaired) electrons. The zero-order chi connectivity index (χ0) is 9.52. The first-order chi connectivity index (χ1) is 6.38. The van der Waals surface area contributed by atoms with E-state index >= 15 is 0 Å². The average molecular weight is 177 g/mol. The molecule has 0 spiro atoms. The Labute approximate surface area is 77.0 Å². The standard InChI is InChI=1S/C9H11N3O/c10-3-1-5-13-9-7-12-4-2-8(9)6-11/h2,4,7H,1,3,5,10H2. The quantitative estimate of drug-likeness (QED) is 0.686. The molecule has 1 aromatic heterocycles. The Balaban J connectivity index is 2.60. The summed E-state index contributed by atoms with van der Waals surface area (Å²) >= 11 is 0. The highest BCUT2D eigenvalue weighted by atomic mass is 16.5. The fourth-order valence-corrected chi connectivity index (χ4v) is 0.853. The maximum atomic E-state index is 8.69. The molecule has 0 aliphatic carbocycles. The van der Waals surface area contributed by atoms with Gasteiger partial charge < -0.3 is 10.5 Å². The van der Waals surface area contributed by atoms with Crippen LogP contribution in [0.25, 0.3) is 0 Å². The summed E-state index contributed by atoms with van der Waals surface area (Å²) in [6.07, 6.45) is 3.88. The molecule has 0 aliphatic heterocycles. The summed E-state index contributed by atoms with van der Waals surface area (Å²) in [5, 5.41) is 8.69. The number of ether oxygens (including phenoxy) is 1. The van der Waals surface area contributed by atoms with Crippen LogP contribution in [0.2, 0.25) is 0 Å². The monoisotopic (exact) mass is 177 g/mol. The van der Waals surface area contributed by atoms with Crippen molar-refractivity contribution in [2.75, 3.05) is 13.2 Å². The zero-order valence-electron chi connectivity index (χ0n) is 7.23. The van der Waals surface area contributed by atoms with Gasteiger partial charge in [0.15, 0.2) is 5.75 Å². The lowest BCUT2D eigenvalue weighted by Crippen LogP contribution is -2.06. The van der Waals surface area contributed by atoms with Crippen molar-refractivity contribution >= 4 is 0 Å². The van der Waals surface area contributed by atoms with Crippen LogP contribution in [0.4, 0.5) is 0 Å². The number of aromatic nitrogens is 1. The van der Waals surface area contributed by atoms with Gasteiger partial charge in [-0.2, -0.15) is 5.26 Å². The van der Waals surface area contributed by atoms with Gasteiger partial charge in [0.1, 0.15) is 6.07 Å². The van der Waals surface area contributed by atoms with E-state index in [1.54, 1.807) is 12.3 Å². The predicted molar refractivity (Wildman–Crippen MR) is 48.1 cm³/mol. The number of hydrogen-bond acceptors (Lipinski definition) is 4. The van der Waals surface area contributed by atoms with Crippen molar-refractivity contribution in [2.45, 2.75) is 6.42 Å². The van der Waals surface area contributed by atoms with Crippen LogP contribution in [0.15, 0.2) is 18.5 Å². The Morgan fingerprint density at radius 1 is 1.62 bits per heavy atom. The van der Waals surface area contributed by atoms with E-state index in [2.05, 4.69) is 4.98 Å². The molecular weight excluding hydrogens is 166 g/mol. The lowest BCUT2D eigenvalue weighted by Gasteiger charge is -2.05. The molecule has 4 heteroatoms. The second kappa shape index (κ2) is 5.12. The minimum atomic E-state index is 0.507. The Morgan fingerprint density at radius 2 is 2.46 bits per heavy atom. The molecule has 4 nitrogen and oxygen atoms in total. The van der Waals surface area contributed by atoms with Crippen LogP contribution in [0.3, 0.4) is 0 Å². The normalized spacial score (nSPS) is 9.23. The van der Waals surface area contributed by atoms with Crippen LogP contribution in [0.1, 0.15) is 12.0 Å². The third kappa shape index (κ3) is 2.73. The number of nitrogens with two attached hydrogens (primary N) is 1. The van der Waals surface area contributed by atoms with Gasteiger partial charge in [-0.3, -0.25) is 4.98 Å². The zero-order valence-corrected chi connectivity index (χ0v) is 7.23. The second-order valence-electron chi connectivity index (χ2n) is 2.47. The van der Waals surface area contributed by atoms with E-state index < -0.39 is 0 Å². The van der Waals surface area contributed by atoms with Gasteiger partial charge >= 0.3 is 0 Å². The Hall–Kier alpha value is -1.60. The summed E-state index contributed by atoms with van der Waals surface area (Å²) in [6, 6.07) is 3.65. The number of nitrogens with zero attached hydrogens (tertiary/aromatic N) is 2. The third-order valence-corrected chi connectivity index (χ3v) is 1.51. The van der Waals surface area contributed by atoms with Crippen LogP contribution in [0.5, 0.6) is 5.75 Å². The third-order valence-electron chi connectivity index (χ3n) is 1.51. The van der Waals surface area contributed by atoms with Crippen LogP contribution < -0.4 is 10.5 Å². The van der Waals surface area contributed by atoms with Crippen molar-refractivity contribution in [3.63, 3.8) is 0 Å². The molecule has 13 heavy (non-hydrogen) atoms. The van der Waals surface area contributed by atoms with Gasteiger partial charge in [0, 0.05) is 6.20 Å². The van der Waals surface area contributed by atoms with Gasteiger partial charge in [0.25, 0.3) is 0 Å². The fourth-order valence-electron chi connectivity index (χ4n) is 0.853. The largest absolute Gasteiger partial charge is 0.491 e. The van der Waals surface area contributed by atoms with Gasteiger partial charge in [-0.15, -0.1) is 0 Å². The first-order valence-electron chi connectivity index (χ1n) is 4.05. The van der Waals surface area contributed by atoms with Crippen molar-refractivity contribution in [2.24, 2.45) is 5.73 Å². The van der Waals surface area contributed by atoms with E-state index in [0.717, 1.165) is 6.42 Å². The van der Waals surface area contributed by atoms with Crippen LogP contribution in [-0.2, 0) is 0 Å². The second-order valence-corrected chi connectivity index (χ2v) is 2.47. The minimum Gasteiger partial charge on any atom is -0.491 e. The van der Waals surface area contributed by atoms with Crippen molar-refractivity contribution < 1.29 is 4.74 Å². The predicted octanol–water partition coefficient (Wildman–Crippen LogP) is 0.681. The molecule has 0 unspecified atom stereocenters. The molecule has 0 saturated heterocycles. The molecule has 0 fully saturated rings. The highest BCUT2D eigenvalue weighted by molar-refractivity contribution is 5.40. The molecule has 2 N–H and O–H groups in total. The number of nitriles is 1. The van der Waals surface area contributed by atoms with Crippen molar-refractivity contribution in [1.82, 2.24) is 4.98 Å². The fraction of sp³-hybridized carbons (Fsp3) is 0.333. The number of pyridine rings is 1. The average Bonchev–Trinajstić information content (AvgIpc) is 2.19. The number of rotatable bonds is 4. The summed E-state index contributed by atoms with van der Waals surface area (Å²) in [7, 11) is 0. The van der Waals surface area contributed by atoms with Gasteiger partial charge in [-0.05, 0) is 19.0 Å². The Morgan fingerprint density at radius 3 is 3.15 bits per heavy atom. The van der Waals surface area contributed by atoms with E-state index in [9.17, 15) is 0 Å². The Bertz CT molecular complexity index is 306. The highest BCUT2D eigenvalue weighted by Crippen LogP contribution is 2.14. The molecule has 0 atom stereocenters. The maximum Gasteiger partial charge on any atom is 0.155 e. The van der Waals surface area contributed by atoms with Gasteiger partial charge in [-0.25, -0.2) is 0 Å². The first-order valence-corrected chi connectivity index (χ1v) is 4.05. The summed E-state index contributed by atoms with van der Waals surface area (Å²) in [5.41, 5.74) is 5.81. The topological polar surface area (TPSA) is 71.9 Å². The molecule has 68 valence electrons. The molecule has 0 saturated carbocycles. The van der Waals surface area contributed by atoms with E-state index in [0.29, 0.717) is 24.5 Å². The number of hydrogen-bond donors (Lipinski definition) is 1. The molecule has 0 aliphatic rings. The summed E-state index contributed by atoms with van der Waals surface area (Å²) in [4.78, 5) is 3.86. The van der Waals surface area contributed by atoms with E-state index in [1.807, 2.05) is 6.07 Å². The lowest BCUT2D eigenvalue weighted by molar-refractivity contribution is 0.311. The summed E-state index contributed by atoms with van der Waals surface area (Å²) in [6.45, 7) is 1.11. The van der Waals surface area contributed by atoms with Crippen LogP contribution in [-0.4, -0.2) is 18.1 Å². The summed E-state index contributed by atoms with van der Waals surface area (Å²) in [5.74, 6) is 0.526. The van der Waals surface area contributed by atoms with Gasteiger partial charge in [-0.1, -0.05) is 0 Å². The molecular formula is C9H11N3O. The maximum absolute atomic E-state index is 8.69. The molecule has 0 bridgehead atoms. The van der Waals surface area contributed by atoms with E-state index in [1.165, 1.54) is 6.20 Å². The van der Waals surface area contributed by atoms with Crippen molar-refractivity contribution in [3.05, 3.63) is 24.0 Å². The first kappa shape index (κ1) is 9.49. The highest BCUT2D eigenvalue weighted by Gasteiger charge is 2.00. The molecule has 1 rings (SSSR count). The van der Waals surface area contributed by atoms with Gasteiger partial charge in [0.2, 0.25) is 0 Å². The minimum absolute atomic E-state index is 0.507. The van der Waals surface area contributed by atoms with Crippen LogP contribution >= 0.6 is 0 Å².